The third-order valence-corrected chi connectivity index (χ3v) is 3.65. The summed E-state index contributed by atoms with van der Waals surface area (Å²) in [5.41, 5.74) is 2.92. The van der Waals surface area contributed by atoms with Gasteiger partial charge in [-0.25, -0.2) is 4.39 Å². The molecule has 0 atom stereocenters. The minimum atomic E-state index is -0.216. The number of halogens is 2. The zero-order chi connectivity index (χ0) is 13.8. The molecule has 2 aromatic rings. The average molecular weight is 324 g/mol. The maximum Gasteiger partial charge on any atom is 0.123 e. The first-order valence-corrected chi connectivity index (χ1v) is 6.72. The standard InChI is InChI=1S/C15H15BrFNO/c1-10-3-4-12(17)7-11(10)9-18-15-8-13(19-2)5-6-14(15)16/h3-8,18H,9H2,1-2H3. The van der Waals surface area contributed by atoms with E-state index in [-0.39, 0.29) is 5.82 Å². The molecular weight excluding hydrogens is 309 g/mol. The Balaban J connectivity index is 2.16. The van der Waals surface area contributed by atoms with E-state index in [1.807, 2.05) is 25.1 Å². The minimum Gasteiger partial charge on any atom is -0.497 e. The fourth-order valence-electron chi connectivity index (χ4n) is 1.79. The van der Waals surface area contributed by atoms with Crippen molar-refractivity contribution in [2.75, 3.05) is 12.4 Å². The van der Waals surface area contributed by atoms with Gasteiger partial charge in [-0.15, -0.1) is 0 Å². The lowest BCUT2D eigenvalue weighted by atomic mass is 10.1. The SMILES string of the molecule is COc1ccc(Br)c(NCc2cc(F)ccc2C)c1. The fourth-order valence-corrected chi connectivity index (χ4v) is 2.17. The highest BCUT2D eigenvalue weighted by atomic mass is 79.9. The van der Waals surface area contributed by atoms with Gasteiger partial charge in [-0.2, -0.15) is 0 Å². The van der Waals surface area contributed by atoms with Crippen molar-refractivity contribution in [3.63, 3.8) is 0 Å². The number of rotatable bonds is 4. The van der Waals surface area contributed by atoms with Gasteiger partial charge < -0.3 is 10.1 Å². The largest absolute Gasteiger partial charge is 0.497 e. The van der Waals surface area contributed by atoms with Crippen LogP contribution in [0, 0.1) is 12.7 Å². The van der Waals surface area contributed by atoms with Crippen molar-refractivity contribution < 1.29 is 9.13 Å². The van der Waals surface area contributed by atoms with Crippen LogP contribution >= 0.6 is 15.9 Å². The van der Waals surface area contributed by atoms with Crippen LogP contribution in [0.3, 0.4) is 0 Å². The molecule has 0 radical (unpaired) electrons. The zero-order valence-electron chi connectivity index (χ0n) is 10.8. The van der Waals surface area contributed by atoms with Crippen LogP contribution in [-0.2, 0) is 6.54 Å². The lowest BCUT2D eigenvalue weighted by molar-refractivity contribution is 0.415. The number of aryl methyl sites for hydroxylation is 1. The van der Waals surface area contributed by atoms with Gasteiger partial charge in [-0.3, -0.25) is 0 Å². The molecule has 0 spiro atoms. The molecule has 0 fully saturated rings. The fraction of sp³-hybridized carbons (Fsp3) is 0.200. The highest BCUT2D eigenvalue weighted by molar-refractivity contribution is 9.10. The van der Waals surface area contributed by atoms with Crippen molar-refractivity contribution >= 4 is 21.6 Å². The Hall–Kier alpha value is -1.55. The average Bonchev–Trinajstić information content (AvgIpc) is 2.41. The Bertz CT molecular complexity index is 586. The molecule has 19 heavy (non-hydrogen) atoms. The molecule has 0 aliphatic carbocycles. The third-order valence-electron chi connectivity index (χ3n) is 2.95. The highest BCUT2D eigenvalue weighted by Crippen LogP contribution is 2.27. The molecule has 0 unspecified atom stereocenters. The molecule has 0 aliphatic rings. The molecule has 4 heteroatoms. The maximum absolute atomic E-state index is 13.2. The van der Waals surface area contributed by atoms with Gasteiger partial charge in [0.1, 0.15) is 11.6 Å². The summed E-state index contributed by atoms with van der Waals surface area (Å²) in [4.78, 5) is 0. The number of benzene rings is 2. The predicted octanol–water partition coefficient (Wildman–Crippen LogP) is 4.52. The number of anilines is 1. The van der Waals surface area contributed by atoms with E-state index < -0.39 is 0 Å². The molecule has 1 N–H and O–H groups in total. The van der Waals surface area contributed by atoms with Crippen molar-refractivity contribution in [3.05, 3.63) is 57.8 Å². The maximum atomic E-state index is 13.2. The van der Waals surface area contributed by atoms with Gasteiger partial charge >= 0.3 is 0 Å². The molecular formula is C15H15BrFNO. The first kappa shape index (κ1) is 13.9. The van der Waals surface area contributed by atoms with Crippen LogP contribution < -0.4 is 10.1 Å². The number of hydrogen-bond donors (Lipinski definition) is 1. The van der Waals surface area contributed by atoms with Crippen LogP contribution in [0.15, 0.2) is 40.9 Å². The Kier molecular flexibility index (Phi) is 4.43. The molecule has 100 valence electrons. The Morgan fingerprint density at radius 3 is 2.74 bits per heavy atom. The number of hydrogen-bond acceptors (Lipinski definition) is 2. The molecule has 0 heterocycles. The van der Waals surface area contributed by atoms with Crippen molar-refractivity contribution in [3.8, 4) is 5.75 Å². The van der Waals surface area contributed by atoms with Gasteiger partial charge in [-0.05, 0) is 58.2 Å². The Morgan fingerprint density at radius 1 is 1.21 bits per heavy atom. The van der Waals surface area contributed by atoms with Crippen LogP contribution in [0.2, 0.25) is 0 Å². The quantitative estimate of drug-likeness (QED) is 0.893. The molecule has 2 aromatic carbocycles. The predicted molar refractivity (Wildman–Crippen MR) is 79.2 cm³/mol. The van der Waals surface area contributed by atoms with E-state index in [1.54, 1.807) is 19.2 Å². The van der Waals surface area contributed by atoms with E-state index in [0.717, 1.165) is 27.0 Å². The van der Waals surface area contributed by atoms with Gasteiger partial charge in [-0.1, -0.05) is 6.07 Å². The first-order chi connectivity index (χ1) is 9.10. The summed E-state index contributed by atoms with van der Waals surface area (Å²) in [7, 11) is 1.63. The molecule has 0 aliphatic heterocycles. The van der Waals surface area contributed by atoms with E-state index >= 15 is 0 Å². The summed E-state index contributed by atoms with van der Waals surface area (Å²) in [6, 6.07) is 10.5. The normalized spacial score (nSPS) is 10.3. The highest BCUT2D eigenvalue weighted by Gasteiger charge is 2.04. The topological polar surface area (TPSA) is 21.3 Å². The van der Waals surface area contributed by atoms with Crippen molar-refractivity contribution in [1.29, 1.82) is 0 Å². The molecule has 2 rings (SSSR count). The Morgan fingerprint density at radius 2 is 2.00 bits per heavy atom. The van der Waals surface area contributed by atoms with Crippen LogP contribution in [-0.4, -0.2) is 7.11 Å². The first-order valence-electron chi connectivity index (χ1n) is 5.92. The second kappa shape index (κ2) is 6.06. The van der Waals surface area contributed by atoms with Crippen molar-refractivity contribution in [1.82, 2.24) is 0 Å². The monoisotopic (exact) mass is 323 g/mol. The summed E-state index contributed by atoms with van der Waals surface area (Å²) >= 11 is 3.47. The van der Waals surface area contributed by atoms with Gasteiger partial charge in [0.05, 0.1) is 12.8 Å². The zero-order valence-corrected chi connectivity index (χ0v) is 12.4. The number of ether oxygens (including phenoxy) is 1. The summed E-state index contributed by atoms with van der Waals surface area (Å²) in [6.45, 7) is 2.53. The summed E-state index contributed by atoms with van der Waals surface area (Å²) < 4.78 is 19.3. The molecule has 0 bridgehead atoms. The van der Waals surface area contributed by atoms with Crippen LogP contribution in [0.4, 0.5) is 10.1 Å². The molecule has 0 aromatic heterocycles. The lowest BCUT2D eigenvalue weighted by Gasteiger charge is -2.12. The van der Waals surface area contributed by atoms with Crippen LogP contribution in [0.1, 0.15) is 11.1 Å². The number of methoxy groups -OCH3 is 1. The lowest BCUT2D eigenvalue weighted by Crippen LogP contribution is -2.02. The third kappa shape index (κ3) is 3.47. The van der Waals surface area contributed by atoms with Crippen LogP contribution in [0.5, 0.6) is 5.75 Å². The molecule has 0 saturated carbocycles. The van der Waals surface area contributed by atoms with E-state index in [2.05, 4.69) is 21.2 Å². The van der Waals surface area contributed by atoms with E-state index in [1.165, 1.54) is 6.07 Å². The second-order valence-electron chi connectivity index (χ2n) is 4.27. The summed E-state index contributed by atoms with van der Waals surface area (Å²) in [5.74, 6) is 0.564. The molecule has 0 amide bonds. The van der Waals surface area contributed by atoms with Gasteiger partial charge in [0, 0.05) is 17.1 Å². The second-order valence-corrected chi connectivity index (χ2v) is 5.12. The van der Waals surface area contributed by atoms with Crippen molar-refractivity contribution in [2.24, 2.45) is 0 Å². The van der Waals surface area contributed by atoms with Crippen LogP contribution in [0.25, 0.3) is 0 Å². The Labute approximate surface area is 120 Å². The summed E-state index contributed by atoms with van der Waals surface area (Å²) in [5, 5.41) is 3.28. The van der Waals surface area contributed by atoms with E-state index in [4.69, 9.17) is 4.74 Å². The van der Waals surface area contributed by atoms with Gasteiger partial charge in [0.2, 0.25) is 0 Å². The smallest absolute Gasteiger partial charge is 0.123 e. The van der Waals surface area contributed by atoms with E-state index in [0.29, 0.717) is 6.54 Å². The molecule has 2 nitrogen and oxygen atoms in total. The van der Waals surface area contributed by atoms with E-state index in [9.17, 15) is 4.39 Å². The van der Waals surface area contributed by atoms with Gasteiger partial charge in [0.25, 0.3) is 0 Å². The van der Waals surface area contributed by atoms with Gasteiger partial charge in [0.15, 0.2) is 0 Å². The summed E-state index contributed by atoms with van der Waals surface area (Å²) in [6.07, 6.45) is 0. The van der Waals surface area contributed by atoms with Crippen molar-refractivity contribution in [2.45, 2.75) is 13.5 Å². The minimum absolute atomic E-state index is 0.216. The number of nitrogens with one attached hydrogen (secondary N) is 1. The molecule has 0 saturated heterocycles.